The van der Waals surface area contributed by atoms with Crippen LogP contribution in [0.1, 0.15) is 5.56 Å². The lowest BCUT2D eigenvalue weighted by Crippen LogP contribution is -2.21. The maximum absolute atomic E-state index is 12.8. The minimum atomic E-state index is -0.195. The molecule has 20 heavy (non-hydrogen) atoms. The number of imidazole rings is 1. The van der Waals surface area contributed by atoms with Gasteiger partial charge in [0, 0.05) is 13.6 Å². The number of aromatic amines is 1. The molecular weight excluding hydrogens is 253 g/mol. The Morgan fingerprint density at radius 3 is 2.60 bits per heavy atom. The molecule has 0 aliphatic rings. The van der Waals surface area contributed by atoms with Crippen LogP contribution in [0.4, 0.5) is 10.3 Å². The van der Waals surface area contributed by atoms with Crippen molar-refractivity contribution in [1.29, 1.82) is 0 Å². The van der Waals surface area contributed by atoms with Crippen LogP contribution in [0.15, 0.2) is 48.5 Å². The average Bonchev–Trinajstić information content (AvgIpc) is 2.90. The van der Waals surface area contributed by atoms with Crippen molar-refractivity contribution in [3.8, 4) is 0 Å². The first-order valence-electron chi connectivity index (χ1n) is 6.63. The van der Waals surface area contributed by atoms with E-state index in [0.29, 0.717) is 0 Å². The summed E-state index contributed by atoms with van der Waals surface area (Å²) in [5, 5.41) is 0. The number of halogens is 1. The highest BCUT2D eigenvalue weighted by Crippen LogP contribution is 2.16. The smallest absolute Gasteiger partial charge is 0.203 e. The summed E-state index contributed by atoms with van der Waals surface area (Å²) in [6.07, 6.45) is 0.855. The van der Waals surface area contributed by atoms with Crippen molar-refractivity contribution in [2.45, 2.75) is 6.42 Å². The standard InChI is InChI=1S/C16H16FN3/c1-20(11-10-12-6-8-13(17)9-7-12)16-18-14-4-2-3-5-15(14)19-16/h2-9H,10-11H2,1H3,(H,18,19). The Kier molecular flexibility index (Phi) is 3.37. The Hall–Kier alpha value is -2.36. The molecule has 3 aromatic rings. The Balaban J connectivity index is 1.69. The second kappa shape index (κ2) is 5.33. The fraction of sp³-hybridized carbons (Fsp3) is 0.188. The summed E-state index contributed by atoms with van der Waals surface area (Å²) >= 11 is 0. The molecule has 0 saturated heterocycles. The van der Waals surface area contributed by atoms with E-state index in [1.54, 1.807) is 0 Å². The molecule has 0 aliphatic heterocycles. The van der Waals surface area contributed by atoms with Crippen LogP contribution in [0, 0.1) is 5.82 Å². The van der Waals surface area contributed by atoms with E-state index in [-0.39, 0.29) is 5.82 Å². The van der Waals surface area contributed by atoms with Crippen molar-refractivity contribution in [2.75, 3.05) is 18.5 Å². The average molecular weight is 269 g/mol. The van der Waals surface area contributed by atoms with Gasteiger partial charge < -0.3 is 9.88 Å². The molecule has 0 saturated carbocycles. The second-order valence-corrected chi connectivity index (χ2v) is 4.88. The third-order valence-electron chi connectivity index (χ3n) is 3.39. The number of hydrogen-bond donors (Lipinski definition) is 1. The molecule has 0 bridgehead atoms. The number of nitrogens with zero attached hydrogens (tertiary/aromatic N) is 2. The molecule has 0 aliphatic carbocycles. The molecule has 0 unspecified atom stereocenters. The van der Waals surface area contributed by atoms with Gasteiger partial charge in [0.15, 0.2) is 0 Å². The molecule has 1 aromatic heterocycles. The quantitative estimate of drug-likeness (QED) is 0.787. The number of fused-ring (bicyclic) bond motifs is 1. The minimum Gasteiger partial charge on any atom is -0.345 e. The Morgan fingerprint density at radius 1 is 1.10 bits per heavy atom. The van der Waals surface area contributed by atoms with Crippen molar-refractivity contribution >= 4 is 17.0 Å². The summed E-state index contributed by atoms with van der Waals surface area (Å²) in [5.41, 5.74) is 3.13. The van der Waals surface area contributed by atoms with Crippen LogP contribution in [0.3, 0.4) is 0 Å². The summed E-state index contributed by atoms with van der Waals surface area (Å²) in [7, 11) is 2.00. The maximum atomic E-state index is 12.8. The van der Waals surface area contributed by atoms with E-state index in [1.165, 1.54) is 12.1 Å². The summed E-state index contributed by atoms with van der Waals surface area (Å²) in [5.74, 6) is 0.660. The van der Waals surface area contributed by atoms with Crippen LogP contribution in [0.25, 0.3) is 11.0 Å². The number of H-pyrrole nitrogens is 1. The van der Waals surface area contributed by atoms with Crippen LogP contribution < -0.4 is 4.90 Å². The van der Waals surface area contributed by atoms with Crippen molar-refractivity contribution in [3.05, 3.63) is 59.9 Å². The van der Waals surface area contributed by atoms with Gasteiger partial charge in [0.2, 0.25) is 5.95 Å². The van der Waals surface area contributed by atoms with Gasteiger partial charge in [-0.3, -0.25) is 0 Å². The number of para-hydroxylation sites is 2. The first-order valence-corrected chi connectivity index (χ1v) is 6.63. The summed E-state index contributed by atoms with van der Waals surface area (Å²) in [4.78, 5) is 9.92. The van der Waals surface area contributed by atoms with Gasteiger partial charge in [0.25, 0.3) is 0 Å². The molecule has 0 atom stereocenters. The van der Waals surface area contributed by atoms with Crippen LogP contribution >= 0.6 is 0 Å². The fourth-order valence-corrected chi connectivity index (χ4v) is 2.17. The molecule has 1 N–H and O–H groups in total. The Bertz CT molecular complexity index is 670. The van der Waals surface area contributed by atoms with Crippen molar-refractivity contribution in [2.24, 2.45) is 0 Å². The number of anilines is 1. The van der Waals surface area contributed by atoms with Gasteiger partial charge in [-0.15, -0.1) is 0 Å². The number of likely N-dealkylation sites (N-methyl/N-ethyl adjacent to an activating group) is 1. The van der Waals surface area contributed by atoms with Crippen LogP contribution in [0.5, 0.6) is 0 Å². The van der Waals surface area contributed by atoms with Crippen molar-refractivity contribution in [3.63, 3.8) is 0 Å². The summed E-state index contributed by atoms with van der Waals surface area (Å²) in [6, 6.07) is 14.6. The lowest BCUT2D eigenvalue weighted by Gasteiger charge is -2.15. The lowest BCUT2D eigenvalue weighted by atomic mass is 10.1. The van der Waals surface area contributed by atoms with E-state index in [9.17, 15) is 4.39 Å². The molecule has 0 fully saturated rings. The van der Waals surface area contributed by atoms with E-state index >= 15 is 0 Å². The van der Waals surface area contributed by atoms with Gasteiger partial charge in [0.1, 0.15) is 5.82 Å². The second-order valence-electron chi connectivity index (χ2n) is 4.88. The number of aromatic nitrogens is 2. The SMILES string of the molecule is CN(CCc1ccc(F)cc1)c1nc2ccccc2[nH]1. The molecule has 1 heterocycles. The van der Waals surface area contributed by atoms with Gasteiger partial charge >= 0.3 is 0 Å². The van der Waals surface area contributed by atoms with Gasteiger partial charge in [-0.2, -0.15) is 0 Å². The molecule has 4 heteroatoms. The highest BCUT2D eigenvalue weighted by molar-refractivity contribution is 5.77. The van der Waals surface area contributed by atoms with E-state index in [4.69, 9.17) is 0 Å². The molecule has 3 nitrogen and oxygen atoms in total. The largest absolute Gasteiger partial charge is 0.345 e. The third-order valence-corrected chi connectivity index (χ3v) is 3.39. The number of hydrogen-bond acceptors (Lipinski definition) is 2. The number of nitrogens with one attached hydrogen (secondary N) is 1. The zero-order valence-corrected chi connectivity index (χ0v) is 11.3. The zero-order chi connectivity index (χ0) is 13.9. The molecular formula is C16H16FN3. The topological polar surface area (TPSA) is 31.9 Å². The number of benzene rings is 2. The van der Waals surface area contributed by atoms with Gasteiger partial charge in [-0.1, -0.05) is 24.3 Å². The van der Waals surface area contributed by atoms with Crippen LogP contribution in [-0.4, -0.2) is 23.6 Å². The van der Waals surface area contributed by atoms with Crippen LogP contribution in [0.2, 0.25) is 0 Å². The first kappa shape index (κ1) is 12.7. The normalized spacial score (nSPS) is 10.9. The van der Waals surface area contributed by atoms with Crippen molar-refractivity contribution in [1.82, 2.24) is 9.97 Å². The lowest BCUT2D eigenvalue weighted by molar-refractivity contribution is 0.627. The molecule has 0 radical (unpaired) electrons. The number of rotatable bonds is 4. The van der Waals surface area contributed by atoms with Gasteiger partial charge in [0.05, 0.1) is 11.0 Å². The molecule has 0 amide bonds. The van der Waals surface area contributed by atoms with E-state index in [0.717, 1.165) is 35.5 Å². The van der Waals surface area contributed by atoms with E-state index < -0.39 is 0 Å². The van der Waals surface area contributed by atoms with Gasteiger partial charge in [-0.05, 0) is 36.2 Å². The monoisotopic (exact) mass is 269 g/mol. The maximum Gasteiger partial charge on any atom is 0.203 e. The minimum absolute atomic E-state index is 0.195. The van der Waals surface area contributed by atoms with Crippen molar-refractivity contribution < 1.29 is 4.39 Å². The molecule has 0 spiro atoms. The highest BCUT2D eigenvalue weighted by atomic mass is 19.1. The van der Waals surface area contributed by atoms with E-state index in [1.807, 2.05) is 43.4 Å². The predicted octanol–water partition coefficient (Wildman–Crippen LogP) is 3.38. The van der Waals surface area contributed by atoms with E-state index in [2.05, 4.69) is 14.9 Å². The molecule has 2 aromatic carbocycles. The molecule has 3 rings (SSSR count). The predicted molar refractivity (Wildman–Crippen MR) is 79.5 cm³/mol. The summed E-state index contributed by atoms with van der Waals surface area (Å²) < 4.78 is 12.8. The Labute approximate surface area is 117 Å². The third kappa shape index (κ3) is 2.64. The summed E-state index contributed by atoms with van der Waals surface area (Å²) in [6.45, 7) is 0.825. The van der Waals surface area contributed by atoms with Crippen LogP contribution in [-0.2, 0) is 6.42 Å². The fourth-order valence-electron chi connectivity index (χ4n) is 2.17. The Morgan fingerprint density at radius 2 is 1.85 bits per heavy atom. The zero-order valence-electron chi connectivity index (χ0n) is 11.3. The van der Waals surface area contributed by atoms with Gasteiger partial charge in [-0.25, -0.2) is 9.37 Å². The first-order chi connectivity index (χ1) is 9.72. The highest BCUT2D eigenvalue weighted by Gasteiger charge is 2.07. The molecule has 102 valence electrons.